The summed E-state index contributed by atoms with van der Waals surface area (Å²) in [4.78, 5) is 12.1. The molecule has 2 aromatic rings. The number of hydrogen-bond donors (Lipinski definition) is 2. The van der Waals surface area contributed by atoms with Crippen molar-refractivity contribution in [3.63, 3.8) is 0 Å². The molecule has 0 unspecified atom stereocenters. The lowest BCUT2D eigenvalue weighted by Crippen LogP contribution is -2.31. The fraction of sp³-hybridized carbons (Fsp3) is 0.133. The van der Waals surface area contributed by atoms with Crippen molar-refractivity contribution in [3.8, 4) is 0 Å². The number of carbonyl (C=O) groups is 1. The molecule has 0 fully saturated rings. The number of aliphatic hydroxyl groups is 1. The van der Waals surface area contributed by atoms with Crippen molar-refractivity contribution >= 4 is 21.8 Å². The highest BCUT2D eigenvalue weighted by Gasteiger charge is 2.18. The van der Waals surface area contributed by atoms with Crippen molar-refractivity contribution in [3.05, 3.63) is 69.9 Å². The molecule has 2 N–H and O–H groups in total. The number of benzene rings is 2. The minimum atomic E-state index is -0.616. The first kappa shape index (κ1) is 14.7. The Morgan fingerprint density at radius 2 is 1.90 bits per heavy atom. The van der Waals surface area contributed by atoms with Crippen molar-refractivity contribution in [1.82, 2.24) is 5.32 Å². The Hall–Kier alpha value is -1.72. The Bertz CT molecular complexity index is 604. The molecule has 0 aromatic heterocycles. The molecule has 0 radical (unpaired) electrons. The number of halogens is 2. The van der Waals surface area contributed by atoms with E-state index in [4.69, 9.17) is 0 Å². The first-order valence-corrected chi connectivity index (χ1v) is 6.83. The van der Waals surface area contributed by atoms with E-state index in [-0.39, 0.29) is 16.6 Å². The van der Waals surface area contributed by atoms with Gasteiger partial charge in [-0.1, -0.05) is 36.4 Å². The molecule has 0 spiro atoms. The summed E-state index contributed by atoms with van der Waals surface area (Å²) >= 11 is 3.04. The van der Waals surface area contributed by atoms with Gasteiger partial charge in [-0.3, -0.25) is 4.79 Å². The minimum Gasteiger partial charge on any atom is -0.394 e. The third kappa shape index (κ3) is 3.23. The molecule has 0 aliphatic heterocycles. The van der Waals surface area contributed by atoms with Gasteiger partial charge in [-0.15, -0.1) is 0 Å². The van der Waals surface area contributed by atoms with E-state index < -0.39 is 17.8 Å². The Kier molecular flexibility index (Phi) is 4.87. The number of hydrogen-bond acceptors (Lipinski definition) is 2. The summed E-state index contributed by atoms with van der Waals surface area (Å²) in [5.41, 5.74) is 0.701. The van der Waals surface area contributed by atoms with Gasteiger partial charge in [0.2, 0.25) is 0 Å². The largest absolute Gasteiger partial charge is 0.394 e. The monoisotopic (exact) mass is 337 g/mol. The summed E-state index contributed by atoms with van der Waals surface area (Å²) < 4.78 is 14.1. The molecule has 0 bridgehead atoms. The molecular weight excluding hydrogens is 325 g/mol. The van der Waals surface area contributed by atoms with Gasteiger partial charge in [0.05, 0.1) is 22.7 Å². The van der Waals surface area contributed by atoms with Crippen LogP contribution in [0.5, 0.6) is 0 Å². The molecule has 1 atom stereocenters. The van der Waals surface area contributed by atoms with E-state index in [1.807, 2.05) is 18.2 Å². The van der Waals surface area contributed by atoms with Crippen LogP contribution >= 0.6 is 15.9 Å². The first-order chi connectivity index (χ1) is 9.63. The van der Waals surface area contributed by atoms with Crippen molar-refractivity contribution in [2.75, 3.05) is 6.61 Å². The molecular formula is C15H13BrFNO2. The molecule has 20 heavy (non-hydrogen) atoms. The molecule has 2 aromatic carbocycles. The zero-order valence-corrected chi connectivity index (χ0v) is 12.1. The van der Waals surface area contributed by atoms with Crippen LogP contribution in [0.15, 0.2) is 53.0 Å². The van der Waals surface area contributed by atoms with Crippen LogP contribution in [0.2, 0.25) is 0 Å². The standard InChI is InChI=1S/C15H13BrFNO2/c16-12-8-4-7-11(14(12)17)15(20)18-13(9-19)10-5-2-1-3-6-10/h1-8,13,19H,9H2,(H,18,20)/t13-/m0/s1. The molecule has 104 valence electrons. The summed E-state index contributed by atoms with van der Waals surface area (Å²) in [6.45, 7) is -0.259. The van der Waals surface area contributed by atoms with E-state index in [1.165, 1.54) is 12.1 Å². The highest BCUT2D eigenvalue weighted by atomic mass is 79.9. The van der Waals surface area contributed by atoms with Crippen molar-refractivity contribution in [2.45, 2.75) is 6.04 Å². The predicted molar refractivity (Wildman–Crippen MR) is 77.8 cm³/mol. The summed E-state index contributed by atoms with van der Waals surface area (Å²) in [6, 6.07) is 13.0. The van der Waals surface area contributed by atoms with E-state index in [0.717, 1.165) is 5.56 Å². The number of carbonyl (C=O) groups excluding carboxylic acids is 1. The molecule has 0 saturated heterocycles. The lowest BCUT2D eigenvalue weighted by molar-refractivity contribution is 0.0912. The van der Waals surface area contributed by atoms with Gasteiger partial charge in [0.1, 0.15) is 5.82 Å². The maximum absolute atomic E-state index is 13.8. The first-order valence-electron chi connectivity index (χ1n) is 6.04. The van der Waals surface area contributed by atoms with E-state index in [2.05, 4.69) is 21.2 Å². The van der Waals surface area contributed by atoms with Gasteiger partial charge in [-0.25, -0.2) is 4.39 Å². The van der Waals surface area contributed by atoms with E-state index in [9.17, 15) is 14.3 Å². The minimum absolute atomic E-state index is 0.0613. The zero-order chi connectivity index (χ0) is 14.5. The van der Waals surface area contributed by atoms with Gasteiger partial charge in [0, 0.05) is 0 Å². The topological polar surface area (TPSA) is 49.3 Å². The molecule has 0 saturated carbocycles. The summed E-state index contributed by atoms with van der Waals surface area (Å²) in [5, 5.41) is 12.0. The van der Waals surface area contributed by atoms with Crippen LogP contribution in [0.25, 0.3) is 0 Å². The van der Waals surface area contributed by atoms with E-state index in [0.29, 0.717) is 0 Å². The Labute approximate surface area is 124 Å². The van der Waals surface area contributed by atoms with Crippen LogP contribution in [0.1, 0.15) is 22.0 Å². The number of aliphatic hydroxyl groups excluding tert-OH is 1. The van der Waals surface area contributed by atoms with Crippen molar-refractivity contribution in [2.24, 2.45) is 0 Å². The Balaban J connectivity index is 2.20. The lowest BCUT2D eigenvalue weighted by Gasteiger charge is -2.17. The maximum Gasteiger partial charge on any atom is 0.254 e. The average Bonchev–Trinajstić information content (AvgIpc) is 2.48. The molecule has 3 nitrogen and oxygen atoms in total. The van der Waals surface area contributed by atoms with Crippen LogP contribution in [-0.2, 0) is 0 Å². The smallest absolute Gasteiger partial charge is 0.254 e. The van der Waals surface area contributed by atoms with Crippen molar-refractivity contribution in [1.29, 1.82) is 0 Å². The zero-order valence-electron chi connectivity index (χ0n) is 10.5. The quantitative estimate of drug-likeness (QED) is 0.900. The predicted octanol–water partition coefficient (Wildman–Crippen LogP) is 3.05. The second kappa shape index (κ2) is 6.63. The number of nitrogens with one attached hydrogen (secondary N) is 1. The van der Waals surface area contributed by atoms with Gasteiger partial charge >= 0.3 is 0 Å². The molecule has 0 aliphatic carbocycles. The van der Waals surface area contributed by atoms with Gasteiger partial charge in [0.15, 0.2) is 0 Å². The normalized spacial score (nSPS) is 11.9. The third-order valence-electron chi connectivity index (χ3n) is 2.89. The summed E-state index contributed by atoms with van der Waals surface area (Å²) in [7, 11) is 0. The highest BCUT2D eigenvalue weighted by Crippen LogP contribution is 2.19. The van der Waals surface area contributed by atoms with Crippen LogP contribution in [0.4, 0.5) is 4.39 Å². The number of rotatable bonds is 4. The molecule has 0 aliphatic rings. The van der Waals surface area contributed by atoms with Gasteiger partial charge < -0.3 is 10.4 Å². The van der Waals surface area contributed by atoms with E-state index >= 15 is 0 Å². The third-order valence-corrected chi connectivity index (χ3v) is 3.50. The van der Waals surface area contributed by atoms with Crippen LogP contribution in [0.3, 0.4) is 0 Å². The average molecular weight is 338 g/mol. The second-order valence-corrected chi connectivity index (χ2v) is 5.08. The number of amides is 1. The maximum atomic E-state index is 13.8. The SMILES string of the molecule is O=C(N[C@@H](CO)c1ccccc1)c1cccc(Br)c1F. The molecule has 1 amide bonds. The Morgan fingerprint density at radius 1 is 1.20 bits per heavy atom. The van der Waals surface area contributed by atoms with Crippen LogP contribution in [-0.4, -0.2) is 17.6 Å². The van der Waals surface area contributed by atoms with Crippen LogP contribution in [0, 0.1) is 5.82 Å². The van der Waals surface area contributed by atoms with Crippen LogP contribution < -0.4 is 5.32 Å². The fourth-order valence-electron chi connectivity index (χ4n) is 1.83. The highest BCUT2D eigenvalue weighted by molar-refractivity contribution is 9.10. The Morgan fingerprint density at radius 3 is 2.55 bits per heavy atom. The van der Waals surface area contributed by atoms with Gasteiger partial charge in [-0.05, 0) is 33.6 Å². The fourth-order valence-corrected chi connectivity index (χ4v) is 2.20. The summed E-state index contributed by atoms with van der Waals surface area (Å²) in [6.07, 6.45) is 0. The lowest BCUT2D eigenvalue weighted by atomic mass is 10.1. The molecule has 5 heteroatoms. The van der Waals surface area contributed by atoms with E-state index in [1.54, 1.807) is 18.2 Å². The van der Waals surface area contributed by atoms with Crippen molar-refractivity contribution < 1.29 is 14.3 Å². The van der Waals surface area contributed by atoms with Gasteiger partial charge in [-0.2, -0.15) is 0 Å². The summed E-state index contributed by atoms with van der Waals surface area (Å²) in [5.74, 6) is -1.18. The second-order valence-electron chi connectivity index (χ2n) is 4.22. The molecule has 2 rings (SSSR count). The molecule has 0 heterocycles. The van der Waals surface area contributed by atoms with Gasteiger partial charge in [0.25, 0.3) is 5.91 Å².